The molecular weight excluding hydrogens is 252 g/mol. The fraction of sp³-hybridized carbons (Fsp3) is 0.381. The predicted octanol–water partition coefficient (Wildman–Crippen LogP) is 5.97. The maximum atomic E-state index is 2.40. The highest BCUT2D eigenvalue weighted by molar-refractivity contribution is 5.44. The van der Waals surface area contributed by atoms with Crippen LogP contribution in [0.3, 0.4) is 0 Å². The first-order valence-electron chi connectivity index (χ1n) is 8.35. The van der Waals surface area contributed by atoms with Crippen molar-refractivity contribution in [2.75, 3.05) is 0 Å². The Morgan fingerprint density at radius 2 is 1.52 bits per heavy atom. The standard InChI is InChI=1S/C21H27/c1-3-5-10-19-14-15-20(13-6-4-2)21(17-19)16-18-11-8-7-9-12-18/h7-9,11-12,14-17H,3-6,10,13H2,1-2H3. The van der Waals surface area contributed by atoms with Crippen molar-refractivity contribution in [3.63, 3.8) is 0 Å². The third-order valence-electron chi connectivity index (χ3n) is 3.95. The Bertz CT molecular complexity index is 525. The van der Waals surface area contributed by atoms with Gasteiger partial charge in [-0.2, -0.15) is 0 Å². The van der Waals surface area contributed by atoms with Crippen LogP contribution < -0.4 is 0 Å². The molecule has 0 aliphatic rings. The SMILES string of the molecule is CCCCc1ccc(CCCC)c([CH]c2ccccc2)c1. The summed E-state index contributed by atoms with van der Waals surface area (Å²) in [5.74, 6) is 0. The van der Waals surface area contributed by atoms with Gasteiger partial charge in [0.15, 0.2) is 0 Å². The maximum absolute atomic E-state index is 2.40. The second kappa shape index (κ2) is 8.67. The van der Waals surface area contributed by atoms with E-state index in [-0.39, 0.29) is 0 Å². The molecule has 0 fully saturated rings. The van der Waals surface area contributed by atoms with E-state index in [0.29, 0.717) is 0 Å². The van der Waals surface area contributed by atoms with Crippen molar-refractivity contribution < 1.29 is 0 Å². The lowest BCUT2D eigenvalue weighted by atomic mass is 9.93. The van der Waals surface area contributed by atoms with Gasteiger partial charge in [-0.25, -0.2) is 0 Å². The van der Waals surface area contributed by atoms with Gasteiger partial charge in [0.25, 0.3) is 0 Å². The quantitative estimate of drug-likeness (QED) is 0.558. The second-order valence-electron chi connectivity index (χ2n) is 5.80. The molecule has 0 bridgehead atoms. The molecule has 0 saturated heterocycles. The molecule has 0 aliphatic carbocycles. The Balaban J connectivity index is 2.20. The van der Waals surface area contributed by atoms with Crippen LogP contribution in [0.15, 0.2) is 48.5 Å². The summed E-state index contributed by atoms with van der Waals surface area (Å²) in [6, 6.07) is 17.7. The van der Waals surface area contributed by atoms with Crippen molar-refractivity contribution in [2.24, 2.45) is 0 Å². The maximum Gasteiger partial charge on any atom is 0.0202 e. The van der Waals surface area contributed by atoms with Gasteiger partial charge in [0.2, 0.25) is 0 Å². The van der Waals surface area contributed by atoms with Crippen molar-refractivity contribution in [3.8, 4) is 0 Å². The largest absolute Gasteiger partial charge is 0.0654 e. The van der Waals surface area contributed by atoms with Gasteiger partial charge in [-0.1, -0.05) is 75.2 Å². The van der Waals surface area contributed by atoms with Crippen LogP contribution in [0.25, 0.3) is 0 Å². The Hall–Kier alpha value is -1.56. The lowest BCUT2D eigenvalue weighted by Crippen LogP contribution is -1.97. The molecule has 0 aliphatic heterocycles. The van der Waals surface area contributed by atoms with E-state index < -0.39 is 0 Å². The van der Waals surface area contributed by atoms with E-state index in [4.69, 9.17) is 0 Å². The molecule has 0 nitrogen and oxygen atoms in total. The predicted molar refractivity (Wildman–Crippen MR) is 92.6 cm³/mol. The van der Waals surface area contributed by atoms with Gasteiger partial charge in [-0.15, -0.1) is 0 Å². The molecule has 2 rings (SSSR count). The Labute approximate surface area is 130 Å². The average Bonchev–Trinajstić information content (AvgIpc) is 2.53. The molecule has 0 saturated carbocycles. The van der Waals surface area contributed by atoms with E-state index in [1.807, 2.05) is 0 Å². The summed E-state index contributed by atoms with van der Waals surface area (Å²) < 4.78 is 0. The molecule has 2 aromatic rings. The highest BCUT2D eigenvalue weighted by Crippen LogP contribution is 2.21. The van der Waals surface area contributed by atoms with Gasteiger partial charge in [-0.3, -0.25) is 0 Å². The second-order valence-corrected chi connectivity index (χ2v) is 5.80. The van der Waals surface area contributed by atoms with Crippen molar-refractivity contribution >= 4 is 0 Å². The first kappa shape index (κ1) is 15.8. The van der Waals surface area contributed by atoms with Gasteiger partial charge in [0, 0.05) is 6.42 Å². The fourth-order valence-corrected chi connectivity index (χ4v) is 2.64. The molecule has 0 amide bonds. The molecule has 21 heavy (non-hydrogen) atoms. The molecule has 0 heterocycles. The smallest absolute Gasteiger partial charge is 0.0202 e. The zero-order valence-corrected chi connectivity index (χ0v) is 13.4. The van der Waals surface area contributed by atoms with Gasteiger partial charge in [0.1, 0.15) is 0 Å². The molecule has 0 unspecified atom stereocenters. The molecule has 0 atom stereocenters. The Morgan fingerprint density at radius 3 is 2.24 bits per heavy atom. The average molecular weight is 279 g/mol. The monoisotopic (exact) mass is 279 g/mol. The lowest BCUT2D eigenvalue weighted by molar-refractivity contribution is 0.783. The summed E-state index contributed by atoms with van der Waals surface area (Å²) in [5, 5.41) is 0. The lowest BCUT2D eigenvalue weighted by Gasteiger charge is -2.12. The molecule has 0 N–H and O–H groups in total. The number of unbranched alkanes of at least 4 members (excludes halogenated alkanes) is 2. The van der Waals surface area contributed by atoms with Crippen LogP contribution in [0.5, 0.6) is 0 Å². The topological polar surface area (TPSA) is 0 Å². The van der Waals surface area contributed by atoms with E-state index in [1.165, 1.54) is 60.8 Å². The minimum atomic E-state index is 1.18. The van der Waals surface area contributed by atoms with Crippen LogP contribution in [0.1, 0.15) is 61.8 Å². The van der Waals surface area contributed by atoms with Crippen molar-refractivity contribution in [1.82, 2.24) is 0 Å². The van der Waals surface area contributed by atoms with Crippen molar-refractivity contribution in [2.45, 2.75) is 52.4 Å². The zero-order chi connectivity index (χ0) is 14.9. The van der Waals surface area contributed by atoms with Crippen LogP contribution in [0.2, 0.25) is 0 Å². The van der Waals surface area contributed by atoms with E-state index in [1.54, 1.807) is 0 Å². The van der Waals surface area contributed by atoms with E-state index in [0.717, 1.165) is 0 Å². The van der Waals surface area contributed by atoms with Crippen LogP contribution in [-0.4, -0.2) is 0 Å². The summed E-state index contributed by atoms with van der Waals surface area (Å²) in [5.41, 5.74) is 5.66. The van der Waals surface area contributed by atoms with E-state index >= 15 is 0 Å². The molecule has 0 spiro atoms. The molecular formula is C21H27. The van der Waals surface area contributed by atoms with Gasteiger partial charge < -0.3 is 0 Å². The summed E-state index contributed by atoms with van der Waals surface area (Å²) in [6.07, 6.45) is 9.77. The Kier molecular flexibility index (Phi) is 6.53. The minimum Gasteiger partial charge on any atom is -0.0654 e. The molecule has 111 valence electrons. The van der Waals surface area contributed by atoms with E-state index in [9.17, 15) is 0 Å². The number of aryl methyl sites for hydroxylation is 2. The van der Waals surface area contributed by atoms with E-state index in [2.05, 4.69) is 68.8 Å². The van der Waals surface area contributed by atoms with Crippen LogP contribution >= 0.6 is 0 Å². The minimum absolute atomic E-state index is 1.18. The van der Waals surface area contributed by atoms with Crippen LogP contribution in [-0.2, 0) is 12.8 Å². The van der Waals surface area contributed by atoms with Gasteiger partial charge in [-0.05, 0) is 47.9 Å². The van der Waals surface area contributed by atoms with Crippen LogP contribution in [0.4, 0.5) is 0 Å². The third-order valence-corrected chi connectivity index (χ3v) is 3.95. The fourth-order valence-electron chi connectivity index (χ4n) is 2.64. The summed E-state index contributed by atoms with van der Waals surface area (Å²) in [4.78, 5) is 0. The van der Waals surface area contributed by atoms with Crippen molar-refractivity contribution in [3.05, 3.63) is 77.2 Å². The molecule has 0 aromatic heterocycles. The zero-order valence-electron chi connectivity index (χ0n) is 13.4. The van der Waals surface area contributed by atoms with Crippen molar-refractivity contribution in [1.29, 1.82) is 0 Å². The van der Waals surface area contributed by atoms with Gasteiger partial charge in [0.05, 0.1) is 0 Å². The third kappa shape index (κ3) is 5.04. The normalized spacial score (nSPS) is 10.8. The highest BCUT2D eigenvalue weighted by Gasteiger charge is 2.06. The van der Waals surface area contributed by atoms with Crippen LogP contribution in [0, 0.1) is 6.42 Å². The first-order chi connectivity index (χ1) is 10.3. The molecule has 2 aromatic carbocycles. The number of benzene rings is 2. The Morgan fingerprint density at radius 1 is 0.810 bits per heavy atom. The molecule has 0 heteroatoms. The highest BCUT2D eigenvalue weighted by atomic mass is 14.1. The molecule has 1 radical (unpaired) electrons. The number of rotatable bonds is 8. The van der Waals surface area contributed by atoms with Gasteiger partial charge >= 0.3 is 0 Å². The summed E-state index contributed by atoms with van der Waals surface area (Å²) in [6.45, 7) is 4.52. The summed E-state index contributed by atoms with van der Waals surface area (Å²) in [7, 11) is 0. The summed E-state index contributed by atoms with van der Waals surface area (Å²) >= 11 is 0. The number of hydrogen-bond acceptors (Lipinski definition) is 0. The first-order valence-corrected chi connectivity index (χ1v) is 8.35. The number of hydrogen-bond donors (Lipinski definition) is 0.